The van der Waals surface area contributed by atoms with Crippen molar-refractivity contribution in [2.45, 2.75) is 32.5 Å². The number of hydrogen-bond donors (Lipinski definition) is 2. The van der Waals surface area contributed by atoms with E-state index in [1.54, 1.807) is 37.3 Å². The quantitative estimate of drug-likeness (QED) is 0.719. The maximum Gasteiger partial charge on any atom is 0.322 e. The summed E-state index contributed by atoms with van der Waals surface area (Å²) < 4.78 is 5.23. The highest BCUT2D eigenvalue weighted by molar-refractivity contribution is 6.31. The fourth-order valence-electron chi connectivity index (χ4n) is 3.98. The normalized spacial score (nSPS) is 19.4. The van der Waals surface area contributed by atoms with E-state index in [1.807, 2.05) is 13.0 Å². The van der Waals surface area contributed by atoms with Crippen LogP contribution >= 0.6 is 11.6 Å². The van der Waals surface area contributed by atoms with Gasteiger partial charge in [-0.05, 0) is 37.6 Å². The fraction of sp³-hybridized carbons (Fsp3) is 0.318. The lowest BCUT2D eigenvalue weighted by molar-refractivity contribution is -0.135. The monoisotopic (exact) mass is 442 g/mol. The van der Waals surface area contributed by atoms with Crippen LogP contribution in [-0.2, 0) is 16.1 Å². The third-order valence-corrected chi connectivity index (χ3v) is 5.99. The van der Waals surface area contributed by atoms with E-state index in [9.17, 15) is 14.4 Å². The zero-order chi connectivity index (χ0) is 22.1. The van der Waals surface area contributed by atoms with Gasteiger partial charge in [0.25, 0.3) is 5.91 Å². The van der Waals surface area contributed by atoms with E-state index in [-0.39, 0.29) is 30.9 Å². The predicted molar refractivity (Wildman–Crippen MR) is 114 cm³/mol. The van der Waals surface area contributed by atoms with Gasteiger partial charge in [0.05, 0.1) is 36.7 Å². The van der Waals surface area contributed by atoms with Gasteiger partial charge < -0.3 is 20.0 Å². The van der Waals surface area contributed by atoms with Crippen molar-refractivity contribution in [3.05, 3.63) is 70.3 Å². The molecule has 0 saturated heterocycles. The van der Waals surface area contributed by atoms with Gasteiger partial charge >= 0.3 is 6.03 Å². The van der Waals surface area contributed by atoms with Gasteiger partial charge in [-0.3, -0.25) is 14.5 Å². The Balaban J connectivity index is 1.60. The van der Waals surface area contributed by atoms with E-state index in [0.29, 0.717) is 34.2 Å². The number of rotatable bonds is 6. The summed E-state index contributed by atoms with van der Waals surface area (Å²) in [6.45, 7) is 4.32. The topological polar surface area (TPSA) is 94.9 Å². The second-order valence-electron chi connectivity index (χ2n) is 7.41. The maximum atomic E-state index is 13.4. The molecule has 8 nitrogen and oxygen atoms in total. The van der Waals surface area contributed by atoms with E-state index in [2.05, 4.69) is 10.6 Å². The third kappa shape index (κ3) is 3.79. The lowest BCUT2D eigenvalue weighted by atomic mass is 9.95. The van der Waals surface area contributed by atoms with Gasteiger partial charge in [0.1, 0.15) is 11.8 Å². The molecular weight excluding hydrogens is 420 g/mol. The predicted octanol–water partition coefficient (Wildman–Crippen LogP) is 2.82. The number of urea groups is 1. The Morgan fingerprint density at radius 3 is 2.74 bits per heavy atom. The first-order valence-electron chi connectivity index (χ1n) is 10.1. The average Bonchev–Trinajstić information content (AvgIpc) is 3.39. The Bertz CT molecular complexity index is 1050. The molecule has 2 aliphatic heterocycles. The van der Waals surface area contributed by atoms with E-state index in [0.717, 1.165) is 0 Å². The number of nitrogens with zero attached hydrogens (tertiary/aromatic N) is 2. The number of carbonyl (C=O) groups excluding carboxylic acids is 3. The lowest BCUT2D eigenvalue weighted by Crippen LogP contribution is -2.47. The van der Waals surface area contributed by atoms with Crippen molar-refractivity contribution in [1.82, 2.24) is 20.4 Å². The molecule has 3 heterocycles. The minimum absolute atomic E-state index is 0.172. The molecule has 2 N–H and O–H groups in total. The van der Waals surface area contributed by atoms with Gasteiger partial charge in [-0.1, -0.05) is 29.8 Å². The smallest absolute Gasteiger partial charge is 0.322 e. The van der Waals surface area contributed by atoms with Crippen molar-refractivity contribution >= 4 is 29.4 Å². The Hall–Kier alpha value is -3.26. The van der Waals surface area contributed by atoms with Gasteiger partial charge in [0.15, 0.2) is 0 Å². The van der Waals surface area contributed by atoms with Crippen LogP contribution in [0.15, 0.2) is 58.3 Å². The third-order valence-electron chi connectivity index (χ3n) is 5.65. The Labute approximate surface area is 184 Å². The molecule has 0 unspecified atom stereocenters. The molecule has 4 rings (SSSR count). The molecule has 0 fully saturated rings. The summed E-state index contributed by atoms with van der Waals surface area (Å²) in [5, 5.41) is 6.14. The molecular formula is C22H23ClN4O4. The number of hydrogen-bond acceptors (Lipinski definition) is 4. The summed E-state index contributed by atoms with van der Waals surface area (Å²) in [6, 6.07) is 8.91. The zero-order valence-corrected chi connectivity index (χ0v) is 18.0. The summed E-state index contributed by atoms with van der Waals surface area (Å²) >= 11 is 6.37. The number of furan rings is 1. The molecule has 0 aliphatic carbocycles. The van der Waals surface area contributed by atoms with Gasteiger partial charge in [0.2, 0.25) is 5.91 Å². The van der Waals surface area contributed by atoms with Crippen LogP contribution in [0.1, 0.15) is 31.2 Å². The zero-order valence-electron chi connectivity index (χ0n) is 17.2. The first-order valence-corrected chi connectivity index (χ1v) is 10.5. The summed E-state index contributed by atoms with van der Waals surface area (Å²) in [6.07, 6.45) is 1.53. The van der Waals surface area contributed by atoms with Crippen LogP contribution in [0.25, 0.3) is 0 Å². The minimum Gasteiger partial charge on any atom is -0.467 e. The number of likely N-dealkylation sites (N-methyl/N-ethyl adjacent to an activating group) is 1. The van der Waals surface area contributed by atoms with Crippen LogP contribution in [0.5, 0.6) is 0 Å². The molecule has 1 aromatic carbocycles. The highest BCUT2D eigenvalue weighted by atomic mass is 35.5. The van der Waals surface area contributed by atoms with Crippen molar-refractivity contribution in [2.24, 2.45) is 0 Å². The molecule has 4 amide bonds. The van der Waals surface area contributed by atoms with Crippen LogP contribution in [0, 0.1) is 0 Å². The van der Waals surface area contributed by atoms with Crippen LogP contribution in [0.4, 0.5) is 4.79 Å². The summed E-state index contributed by atoms with van der Waals surface area (Å²) in [5.74, 6) is 0.0247. The summed E-state index contributed by atoms with van der Waals surface area (Å²) in [7, 11) is 0. The Kier molecular flexibility index (Phi) is 5.73. The van der Waals surface area contributed by atoms with Crippen molar-refractivity contribution in [2.75, 3.05) is 13.1 Å². The molecule has 2 aromatic rings. The van der Waals surface area contributed by atoms with Crippen LogP contribution in [-0.4, -0.2) is 46.8 Å². The molecule has 0 bridgehead atoms. The summed E-state index contributed by atoms with van der Waals surface area (Å²) in [4.78, 5) is 41.9. The lowest BCUT2D eigenvalue weighted by Gasteiger charge is -2.33. The molecule has 0 spiro atoms. The first-order chi connectivity index (χ1) is 14.9. The SMILES string of the molecule is CCN1C(=O)N[C@H](c2ccccc2Cl)C2=C1CN([C@H](C)C(=O)NCc1ccco1)C2=O. The highest BCUT2D eigenvalue weighted by Crippen LogP contribution is 2.38. The van der Waals surface area contributed by atoms with Gasteiger partial charge in [0, 0.05) is 11.6 Å². The number of halogens is 1. The molecule has 2 aliphatic rings. The van der Waals surface area contributed by atoms with Crippen molar-refractivity contribution in [3.8, 4) is 0 Å². The average molecular weight is 443 g/mol. The second-order valence-corrected chi connectivity index (χ2v) is 7.82. The molecule has 31 heavy (non-hydrogen) atoms. The van der Waals surface area contributed by atoms with Crippen LogP contribution in [0.2, 0.25) is 5.02 Å². The van der Waals surface area contributed by atoms with E-state index in [4.69, 9.17) is 16.0 Å². The molecule has 1 aromatic heterocycles. The van der Waals surface area contributed by atoms with Crippen molar-refractivity contribution < 1.29 is 18.8 Å². The van der Waals surface area contributed by atoms with Gasteiger partial charge in [-0.25, -0.2) is 4.79 Å². The molecule has 0 radical (unpaired) electrons. The standard InChI is InChI=1S/C22H23ClN4O4/c1-3-26-17-12-27(13(2)20(28)24-11-14-7-6-10-31-14)21(29)18(17)19(25-22(26)30)15-8-4-5-9-16(15)23/h4-10,13,19H,3,11-12H2,1-2H3,(H,24,28)(H,25,30)/t13-,19-/m1/s1. The van der Waals surface area contributed by atoms with Crippen molar-refractivity contribution in [1.29, 1.82) is 0 Å². The van der Waals surface area contributed by atoms with E-state index >= 15 is 0 Å². The van der Waals surface area contributed by atoms with E-state index in [1.165, 1.54) is 16.1 Å². The number of carbonyl (C=O) groups is 3. The van der Waals surface area contributed by atoms with Crippen molar-refractivity contribution in [3.63, 3.8) is 0 Å². The van der Waals surface area contributed by atoms with Gasteiger partial charge in [-0.15, -0.1) is 0 Å². The highest BCUT2D eigenvalue weighted by Gasteiger charge is 2.46. The minimum atomic E-state index is -0.728. The van der Waals surface area contributed by atoms with Crippen LogP contribution in [0.3, 0.4) is 0 Å². The first kappa shape index (κ1) is 21.0. The Morgan fingerprint density at radius 1 is 1.29 bits per heavy atom. The Morgan fingerprint density at radius 2 is 2.06 bits per heavy atom. The summed E-state index contributed by atoms with van der Waals surface area (Å²) in [5.41, 5.74) is 1.69. The molecule has 0 saturated carbocycles. The van der Waals surface area contributed by atoms with E-state index < -0.39 is 12.1 Å². The maximum absolute atomic E-state index is 13.4. The fourth-order valence-corrected chi connectivity index (χ4v) is 4.22. The van der Waals surface area contributed by atoms with Crippen LogP contribution < -0.4 is 10.6 Å². The molecule has 9 heteroatoms. The largest absolute Gasteiger partial charge is 0.467 e. The number of benzene rings is 1. The molecule has 162 valence electrons. The van der Waals surface area contributed by atoms with Gasteiger partial charge in [-0.2, -0.15) is 0 Å². The molecule has 2 atom stereocenters. The second kappa shape index (κ2) is 8.47. The number of nitrogens with one attached hydrogen (secondary N) is 2. The number of amides is 4.